The standard InChI is InChI=1S/C16H21F2NO3/c17-16(18)8-6-13(7-9-16)14(10-20)19-15(21)22-11-12-4-2-1-3-5-12/h1-5,13-14,20H,6-11H2,(H,19,21). The Bertz CT molecular complexity index is 472. The van der Waals surface area contributed by atoms with Crippen LogP contribution in [0.5, 0.6) is 0 Å². The maximum Gasteiger partial charge on any atom is 0.407 e. The van der Waals surface area contributed by atoms with Crippen LogP contribution in [0.2, 0.25) is 0 Å². The summed E-state index contributed by atoms with van der Waals surface area (Å²) >= 11 is 0. The molecular weight excluding hydrogens is 292 g/mol. The molecule has 0 radical (unpaired) electrons. The zero-order valence-corrected chi connectivity index (χ0v) is 12.3. The average molecular weight is 313 g/mol. The van der Waals surface area contributed by atoms with Gasteiger partial charge in [0.15, 0.2) is 0 Å². The summed E-state index contributed by atoms with van der Waals surface area (Å²) in [5, 5.41) is 12.0. The van der Waals surface area contributed by atoms with Crippen molar-refractivity contribution < 1.29 is 23.4 Å². The molecule has 1 saturated carbocycles. The van der Waals surface area contributed by atoms with E-state index in [1.165, 1.54) is 0 Å². The zero-order chi connectivity index (χ0) is 16.0. The van der Waals surface area contributed by atoms with Gasteiger partial charge >= 0.3 is 6.09 Å². The molecule has 1 unspecified atom stereocenters. The number of nitrogens with one attached hydrogen (secondary N) is 1. The topological polar surface area (TPSA) is 58.6 Å². The minimum Gasteiger partial charge on any atom is -0.445 e. The van der Waals surface area contributed by atoms with Crippen LogP contribution in [0.15, 0.2) is 30.3 Å². The summed E-state index contributed by atoms with van der Waals surface area (Å²) in [5.74, 6) is -2.77. The van der Waals surface area contributed by atoms with E-state index in [0.29, 0.717) is 0 Å². The fourth-order valence-corrected chi connectivity index (χ4v) is 2.69. The highest BCUT2D eigenvalue weighted by molar-refractivity contribution is 5.67. The molecule has 22 heavy (non-hydrogen) atoms. The van der Waals surface area contributed by atoms with E-state index in [0.717, 1.165) is 5.56 Å². The maximum absolute atomic E-state index is 13.1. The number of rotatable bonds is 5. The molecule has 2 N–H and O–H groups in total. The Morgan fingerprint density at radius 2 is 1.95 bits per heavy atom. The first kappa shape index (κ1) is 16.7. The van der Waals surface area contributed by atoms with E-state index in [2.05, 4.69) is 5.32 Å². The van der Waals surface area contributed by atoms with Crippen molar-refractivity contribution >= 4 is 6.09 Å². The van der Waals surface area contributed by atoms with Crippen molar-refractivity contribution in [1.29, 1.82) is 0 Å². The van der Waals surface area contributed by atoms with Crippen LogP contribution >= 0.6 is 0 Å². The highest BCUT2D eigenvalue weighted by Crippen LogP contribution is 2.37. The summed E-state index contributed by atoms with van der Waals surface area (Å²) in [6, 6.07) is 8.67. The van der Waals surface area contributed by atoms with Gasteiger partial charge in [0.2, 0.25) is 5.92 Å². The van der Waals surface area contributed by atoms with E-state index in [-0.39, 0.29) is 44.8 Å². The summed E-state index contributed by atoms with van der Waals surface area (Å²) in [6.45, 7) is -0.149. The molecule has 122 valence electrons. The molecule has 1 amide bonds. The Hall–Kier alpha value is -1.69. The molecule has 0 spiro atoms. The molecule has 1 fully saturated rings. The Kier molecular flexibility index (Phi) is 5.71. The van der Waals surface area contributed by atoms with E-state index < -0.39 is 18.1 Å². The van der Waals surface area contributed by atoms with Crippen LogP contribution in [0.4, 0.5) is 13.6 Å². The van der Waals surface area contributed by atoms with Crippen LogP contribution in [-0.2, 0) is 11.3 Å². The van der Waals surface area contributed by atoms with Crippen LogP contribution in [0.25, 0.3) is 0 Å². The molecule has 0 heterocycles. The first-order chi connectivity index (χ1) is 10.5. The first-order valence-corrected chi connectivity index (χ1v) is 7.46. The molecule has 0 bridgehead atoms. The summed E-state index contributed by atoms with van der Waals surface area (Å²) in [6.07, 6.45) is -0.460. The van der Waals surface area contributed by atoms with Gasteiger partial charge in [-0.3, -0.25) is 0 Å². The monoisotopic (exact) mass is 313 g/mol. The lowest BCUT2D eigenvalue weighted by Gasteiger charge is -2.33. The van der Waals surface area contributed by atoms with E-state index in [1.807, 2.05) is 30.3 Å². The van der Waals surface area contributed by atoms with Crippen molar-refractivity contribution in [2.45, 2.75) is 44.3 Å². The van der Waals surface area contributed by atoms with Crippen LogP contribution in [0.3, 0.4) is 0 Å². The number of aliphatic hydroxyl groups excluding tert-OH is 1. The number of alkyl halides is 2. The van der Waals surface area contributed by atoms with Crippen LogP contribution in [-0.4, -0.2) is 29.8 Å². The van der Waals surface area contributed by atoms with Crippen molar-refractivity contribution in [2.24, 2.45) is 5.92 Å². The Morgan fingerprint density at radius 3 is 2.55 bits per heavy atom. The molecule has 1 atom stereocenters. The number of hydrogen-bond donors (Lipinski definition) is 2. The molecule has 4 nitrogen and oxygen atoms in total. The minimum absolute atomic E-state index is 0.132. The molecule has 6 heteroatoms. The molecule has 1 aromatic rings. The van der Waals surface area contributed by atoms with Crippen molar-refractivity contribution in [1.82, 2.24) is 5.32 Å². The average Bonchev–Trinajstić information content (AvgIpc) is 2.52. The molecule has 1 aliphatic rings. The number of ether oxygens (including phenoxy) is 1. The fourth-order valence-electron chi connectivity index (χ4n) is 2.69. The van der Waals surface area contributed by atoms with E-state index in [9.17, 15) is 18.7 Å². The number of carbonyl (C=O) groups is 1. The van der Waals surface area contributed by atoms with Gasteiger partial charge in [0, 0.05) is 12.8 Å². The number of amides is 1. The molecule has 1 aromatic carbocycles. The second kappa shape index (κ2) is 7.54. The number of halogens is 2. The molecule has 0 aromatic heterocycles. The molecule has 0 saturated heterocycles. The van der Waals surface area contributed by atoms with Gasteiger partial charge in [-0.25, -0.2) is 13.6 Å². The predicted molar refractivity (Wildman–Crippen MR) is 77.5 cm³/mol. The Morgan fingerprint density at radius 1 is 1.32 bits per heavy atom. The number of benzene rings is 1. The number of alkyl carbamates (subject to hydrolysis) is 1. The largest absolute Gasteiger partial charge is 0.445 e. The third-order valence-electron chi connectivity index (χ3n) is 4.04. The van der Waals surface area contributed by atoms with Gasteiger partial charge in [-0.1, -0.05) is 30.3 Å². The maximum atomic E-state index is 13.1. The van der Waals surface area contributed by atoms with Gasteiger partial charge in [0.1, 0.15) is 6.61 Å². The van der Waals surface area contributed by atoms with Crippen molar-refractivity contribution in [3.63, 3.8) is 0 Å². The summed E-state index contributed by atoms with van der Waals surface area (Å²) in [4.78, 5) is 11.8. The Balaban J connectivity index is 1.78. The quantitative estimate of drug-likeness (QED) is 0.878. The van der Waals surface area contributed by atoms with Gasteiger partial charge in [-0.15, -0.1) is 0 Å². The van der Waals surface area contributed by atoms with Gasteiger partial charge in [0.25, 0.3) is 0 Å². The third kappa shape index (κ3) is 4.94. The van der Waals surface area contributed by atoms with Gasteiger partial charge in [-0.05, 0) is 24.3 Å². The van der Waals surface area contributed by atoms with Crippen LogP contribution in [0, 0.1) is 5.92 Å². The van der Waals surface area contributed by atoms with Crippen molar-refractivity contribution in [2.75, 3.05) is 6.61 Å². The molecule has 2 rings (SSSR count). The van der Waals surface area contributed by atoms with Crippen LogP contribution < -0.4 is 5.32 Å². The lowest BCUT2D eigenvalue weighted by Crippen LogP contribution is -2.45. The van der Waals surface area contributed by atoms with E-state index in [4.69, 9.17) is 4.74 Å². The smallest absolute Gasteiger partial charge is 0.407 e. The van der Waals surface area contributed by atoms with Crippen molar-refractivity contribution in [3.05, 3.63) is 35.9 Å². The summed E-state index contributed by atoms with van der Waals surface area (Å²) < 4.78 is 31.4. The van der Waals surface area contributed by atoms with Gasteiger partial charge < -0.3 is 15.2 Å². The van der Waals surface area contributed by atoms with E-state index in [1.54, 1.807) is 0 Å². The number of carbonyl (C=O) groups excluding carboxylic acids is 1. The lowest BCUT2D eigenvalue weighted by molar-refractivity contribution is -0.0514. The normalized spacial score (nSPS) is 19.4. The fraction of sp³-hybridized carbons (Fsp3) is 0.562. The van der Waals surface area contributed by atoms with Crippen LogP contribution in [0.1, 0.15) is 31.2 Å². The van der Waals surface area contributed by atoms with Gasteiger partial charge in [-0.2, -0.15) is 0 Å². The highest BCUT2D eigenvalue weighted by atomic mass is 19.3. The number of hydrogen-bond acceptors (Lipinski definition) is 3. The predicted octanol–water partition coefficient (Wildman–Crippen LogP) is 3.10. The lowest BCUT2D eigenvalue weighted by atomic mass is 9.82. The summed E-state index contributed by atoms with van der Waals surface area (Å²) in [7, 11) is 0. The summed E-state index contributed by atoms with van der Waals surface area (Å²) in [5.41, 5.74) is 0.857. The molecule has 0 aliphatic heterocycles. The Labute approximate surface area is 128 Å². The third-order valence-corrected chi connectivity index (χ3v) is 4.04. The SMILES string of the molecule is O=C(NC(CO)C1CCC(F)(F)CC1)OCc1ccccc1. The van der Waals surface area contributed by atoms with E-state index >= 15 is 0 Å². The van der Waals surface area contributed by atoms with Gasteiger partial charge in [0.05, 0.1) is 12.6 Å². The molecule has 1 aliphatic carbocycles. The first-order valence-electron chi connectivity index (χ1n) is 7.46. The minimum atomic E-state index is -2.62. The van der Waals surface area contributed by atoms with Crippen molar-refractivity contribution in [3.8, 4) is 0 Å². The zero-order valence-electron chi connectivity index (χ0n) is 12.3. The molecular formula is C16H21F2NO3. The highest BCUT2D eigenvalue weighted by Gasteiger charge is 2.37. The second-order valence-electron chi connectivity index (χ2n) is 5.69. The number of aliphatic hydroxyl groups is 1. The second-order valence-corrected chi connectivity index (χ2v) is 5.69.